The highest BCUT2D eigenvalue weighted by Gasteiger charge is 2.14. The molecule has 0 saturated carbocycles. The van der Waals surface area contributed by atoms with Crippen molar-refractivity contribution >= 4 is 52.1 Å². The van der Waals surface area contributed by atoms with Gasteiger partial charge < -0.3 is 4.74 Å². The van der Waals surface area contributed by atoms with Crippen LogP contribution in [0.3, 0.4) is 0 Å². The Bertz CT molecular complexity index is 1350. The van der Waals surface area contributed by atoms with Crippen molar-refractivity contribution in [3.8, 4) is 5.75 Å². The molecule has 4 aromatic rings. The molecule has 4 aromatic carbocycles. The van der Waals surface area contributed by atoms with Gasteiger partial charge in [-0.2, -0.15) is 5.10 Å². The fourth-order valence-electron chi connectivity index (χ4n) is 3.10. The highest BCUT2D eigenvalue weighted by molar-refractivity contribution is 6.42. The highest BCUT2D eigenvalue weighted by Crippen LogP contribution is 2.23. The smallest absolute Gasteiger partial charge is 0.344 e. The Morgan fingerprint density at radius 2 is 1.59 bits per heavy atom. The summed E-state index contributed by atoms with van der Waals surface area (Å²) in [6, 6.07) is 24.5. The van der Waals surface area contributed by atoms with Gasteiger partial charge >= 0.3 is 5.97 Å². The molecule has 5 nitrogen and oxygen atoms in total. The van der Waals surface area contributed by atoms with Gasteiger partial charge in [-0.25, -0.2) is 10.2 Å². The van der Waals surface area contributed by atoms with Gasteiger partial charge in [0.25, 0.3) is 5.91 Å². The minimum absolute atomic E-state index is 0.272. The molecule has 0 spiro atoms. The van der Waals surface area contributed by atoms with Gasteiger partial charge in [-0.1, -0.05) is 71.7 Å². The fraction of sp³-hybridized carbons (Fsp3) is 0. The Morgan fingerprint density at radius 1 is 0.844 bits per heavy atom. The number of benzene rings is 4. The Labute approximate surface area is 194 Å². The number of carbonyl (C=O) groups is 2. The Hall–Kier alpha value is -3.67. The number of esters is 1. The van der Waals surface area contributed by atoms with E-state index in [2.05, 4.69) is 10.5 Å². The van der Waals surface area contributed by atoms with Crippen LogP contribution >= 0.6 is 23.2 Å². The lowest BCUT2D eigenvalue weighted by Gasteiger charge is -2.09. The molecule has 0 fully saturated rings. The molecule has 1 amide bonds. The topological polar surface area (TPSA) is 67.8 Å². The maximum Gasteiger partial charge on any atom is 0.344 e. The zero-order valence-electron chi connectivity index (χ0n) is 16.6. The molecule has 158 valence electrons. The zero-order chi connectivity index (χ0) is 22.5. The number of halogens is 2. The second kappa shape index (κ2) is 9.64. The molecule has 0 aromatic heterocycles. The van der Waals surface area contributed by atoms with Gasteiger partial charge in [0, 0.05) is 11.1 Å². The lowest BCUT2D eigenvalue weighted by molar-refractivity contribution is 0.0736. The SMILES string of the molecule is O=C(N/N=C\c1ccccc1OC(=O)c1cccc2ccccc12)c1ccc(Cl)c(Cl)c1. The molecule has 1 N–H and O–H groups in total. The number of amides is 1. The third-order valence-corrected chi connectivity index (χ3v) is 5.42. The number of hydrazone groups is 1. The molecule has 0 saturated heterocycles. The molecular formula is C25H16Cl2N2O3. The van der Waals surface area contributed by atoms with Gasteiger partial charge in [-0.3, -0.25) is 4.79 Å². The van der Waals surface area contributed by atoms with Crippen molar-refractivity contribution in [3.63, 3.8) is 0 Å². The summed E-state index contributed by atoms with van der Waals surface area (Å²) < 4.78 is 5.64. The molecule has 0 aliphatic rings. The first-order valence-electron chi connectivity index (χ1n) is 9.60. The first-order valence-corrected chi connectivity index (χ1v) is 10.4. The lowest BCUT2D eigenvalue weighted by atomic mass is 10.0. The van der Waals surface area contributed by atoms with Gasteiger partial charge in [-0.05, 0) is 47.2 Å². The van der Waals surface area contributed by atoms with Crippen molar-refractivity contribution in [1.82, 2.24) is 5.43 Å². The quantitative estimate of drug-likeness (QED) is 0.168. The second-order valence-electron chi connectivity index (χ2n) is 6.78. The van der Waals surface area contributed by atoms with Crippen molar-refractivity contribution in [2.45, 2.75) is 0 Å². The largest absolute Gasteiger partial charge is 0.422 e. The van der Waals surface area contributed by atoms with Gasteiger partial charge in [0.1, 0.15) is 5.75 Å². The summed E-state index contributed by atoms with van der Waals surface area (Å²) in [6.45, 7) is 0. The molecule has 0 unspecified atom stereocenters. The molecule has 0 aliphatic carbocycles. The van der Waals surface area contributed by atoms with E-state index in [0.717, 1.165) is 10.8 Å². The van der Waals surface area contributed by atoms with E-state index < -0.39 is 11.9 Å². The van der Waals surface area contributed by atoms with Crippen molar-refractivity contribution in [3.05, 3.63) is 112 Å². The van der Waals surface area contributed by atoms with Crippen molar-refractivity contribution in [2.75, 3.05) is 0 Å². The van der Waals surface area contributed by atoms with Crippen LogP contribution in [0.1, 0.15) is 26.3 Å². The van der Waals surface area contributed by atoms with E-state index in [9.17, 15) is 9.59 Å². The van der Waals surface area contributed by atoms with Crippen LogP contribution in [-0.2, 0) is 0 Å². The average molecular weight is 463 g/mol. The van der Waals surface area contributed by atoms with E-state index in [1.165, 1.54) is 18.3 Å². The summed E-state index contributed by atoms with van der Waals surface area (Å²) in [5.74, 6) is -0.620. The minimum Gasteiger partial charge on any atom is -0.422 e. The molecule has 4 rings (SSSR count). The maximum atomic E-state index is 12.8. The Kier molecular flexibility index (Phi) is 6.50. The summed E-state index contributed by atoms with van der Waals surface area (Å²) in [4.78, 5) is 25.1. The summed E-state index contributed by atoms with van der Waals surface area (Å²) in [7, 11) is 0. The molecule has 0 aliphatic heterocycles. The molecule has 0 heterocycles. The number of nitrogens with zero attached hydrogens (tertiary/aromatic N) is 1. The van der Waals surface area contributed by atoms with Crippen LogP contribution in [0.15, 0.2) is 90.0 Å². The van der Waals surface area contributed by atoms with Crippen LogP contribution in [0.2, 0.25) is 10.0 Å². The van der Waals surface area contributed by atoms with Crippen LogP contribution in [0.5, 0.6) is 5.75 Å². The monoisotopic (exact) mass is 462 g/mol. The van der Waals surface area contributed by atoms with Crippen LogP contribution in [0.25, 0.3) is 10.8 Å². The van der Waals surface area contributed by atoms with Gasteiger partial charge in [-0.15, -0.1) is 0 Å². The predicted molar refractivity (Wildman–Crippen MR) is 127 cm³/mol. The first-order chi connectivity index (χ1) is 15.5. The van der Waals surface area contributed by atoms with E-state index in [1.54, 1.807) is 36.4 Å². The van der Waals surface area contributed by atoms with Crippen LogP contribution in [0, 0.1) is 0 Å². The number of nitrogens with one attached hydrogen (secondary N) is 1. The molecule has 0 radical (unpaired) electrons. The van der Waals surface area contributed by atoms with E-state index in [-0.39, 0.29) is 5.02 Å². The zero-order valence-corrected chi connectivity index (χ0v) is 18.1. The third-order valence-electron chi connectivity index (χ3n) is 4.68. The summed E-state index contributed by atoms with van der Waals surface area (Å²) in [5, 5.41) is 6.35. The van der Waals surface area contributed by atoms with E-state index >= 15 is 0 Å². The van der Waals surface area contributed by atoms with Crippen molar-refractivity contribution < 1.29 is 14.3 Å². The van der Waals surface area contributed by atoms with Gasteiger partial charge in [0.2, 0.25) is 0 Å². The number of ether oxygens (including phenoxy) is 1. The molecule has 0 atom stereocenters. The number of rotatable bonds is 5. The average Bonchev–Trinajstić information content (AvgIpc) is 2.81. The number of para-hydroxylation sites is 1. The number of hydrogen-bond donors (Lipinski definition) is 1. The summed E-state index contributed by atoms with van der Waals surface area (Å²) in [6.07, 6.45) is 1.40. The first kappa shape index (κ1) is 21.6. The Balaban J connectivity index is 1.51. The van der Waals surface area contributed by atoms with Crippen molar-refractivity contribution in [2.24, 2.45) is 5.10 Å². The third kappa shape index (κ3) is 4.80. The second-order valence-corrected chi connectivity index (χ2v) is 7.60. The number of carbonyl (C=O) groups excluding carboxylic acids is 2. The molecule has 7 heteroatoms. The Morgan fingerprint density at radius 3 is 2.44 bits per heavy atom. The lowest BCUT2D eigenvalue weighted by Crippen LogP contribution is -2.17. The standard InChI is InChI=1S/C25H16Cl2N2O3/c26-21-13-12-17(14-22(21)27)24(30)29-28-15-18-7-2-4-11-23(18)32-25(31)20-10-5-8-16-6-1-3-9-19(16)20/h1-15H,(H,29,30)/b28-15-. The van der Waals surface area contributed by atoms with Gasteiger partial charge in [0.15, 0.2) is 0 Å². The van der Waals surface area contributed by atoms with Gasteiger partial charge in [0.05, 0.1) is 21.8 Å². The van der Waals surface area contributed by atoms with Crippen molar-refractivity contribution in [1.29, 1.82) is 0 Å². The van der Waals surface area contributed by atoms with E-state index in [4.69, 9.17) is 27.9 Å². The summed E-state index contributed by atoms with van der Waals surface area (Å²) in [5.41, 5.74) is 3.72. The molecular weight excluding hydrogens is 447 g/mol. The normalized spacial score (nSPS) is 10.9. The number of hydrogen-bond acceptors (Lipinski definition) is 4. The van der Waals surface area contributed by atoms with Crippen LogP contribution < -0.4 is 10.2 Å². The molecule has 0 bridgehead atoms. The molecule has 32 heavy (non-hydrogen) atoms. The minimum atomic E-state index is -0.484. The highest BCUT2D eigenvalue weighted by atomic mass is 35.5. The number of fused-ring (bicyclic) bond motifs is 1. The van der Waals surface area contributed by atoms with Crippen LogP contribution in [-0.4, -0.2) is 18.1 Å². The predicted octanol–water partition coefficient (Wildman–Crippen LogP) is 6.13. The summed E-state index contributed by atoms with van der Waals surface area (Å²) >= 11 is 11.8. The van der Waals surface area contributed by atoms with E-state index in [1.807, 2.05) is 36.4 Å². The fourth-order valence-corrected chi connectivity index (χ4v) is 3.40. The van der Waals surface area contributed by atoms with E-state index in [0.29, 0.717) is 27.5 Å². The van der Waals surface area contributed by atoms with Crippen LogP contribution in [0.4, 0.5) is 0 Å². The maximum absolute atomic E-state index is 12.8.